The Hall–Kier alpha value is -0.910. The van der Waals surface area contributed by atoms with Crippen molar-refractivity contribution in [3.8, 4) is 0 Å². The second-order valence-electron chi connectivity index (χ2n) is 6.07. The summed E-state index contributed by atoms with van der Waals surface area (Å²) in [6.07, 6.45) is 3.18. The van der Waals surface area contributed by atoms with Crippen LogP contribution in [0.4, 0.5) is 0 Å². The van der Waals surface area contributed by atoms with Crippen LogP contribution < -0.4 is 5.32 Å². The molecular formula is C16H26N2O2S. The third-order valence-corrected chi connectivity index (χ3v) is 6.18. The lowest BCUT2D eigenvalue weighted by molar-refractivity contribution is 0.410. The van der Waals surface area contributed by atoms with E-state index in [1.165, 1.54) is 17.1 Å². The first-order valence-electron chi connectivity index (χ1n) is 7.69. The van der Waals surface area contributed by atoms with E-state index in [9.17, 15) is 8.42 Å². The van der Waals surface area contributed by atoms with Crippen LogP contribution in [-0.2, 0) is 23.0 Å². The molecule has 0 heterocycles. The van der Waals surface area contributed by atoms with Crippen molar-refractivity contribution in [2.45, 2.75) is 63.6 Å². The average Bonchev–Trinajstić information content (AvgIpc) is 3.28. The monoisotopic (exact) mass is 310 g/mol. The first kappa shape index (κ1) is 16.5. The van der Waals surface area contributed by atoms with Gasteiger partial charge in [-0.05, 0) is 50.3 Å². The number of sulfonamides is 1. The average molecular weight is 310 g/mol. The molecule has 4 nitrogen and oxygen atoms in total. The van der Waals surface area contributed by atoms with Gasteiger partial charge in [0.1, 0.15) is 0 Å². The Morgan fingerprint density at radius 1 is 1.33 bits per heavy atom. The first-order valence-corrected chi connectivity index (χ1v) is 9.13. The summed E-state index contributed by atoms with van der Waals surface area (Å²) in [5, 5.41) is 3.43. The number of hydrogen-bond donors (Lipinski definition) is 1. The second kappa shape index (κ2) is 6.46. The van der Waals surface area contributed by atoms with Crippen LogP contribution >= 0.6 is 0 Å². The molecule has 1 aliphatic rings. The van der Waals surface area contributed by atoms with Crippen molar-refractivity contribution in [3.05, 3.63) is 29.3 Å². The standard InChI is InChI=1S/C16H26N2O2S/c1-5-14-7-6-13(11-17-15-8-9-15)10-16(14)21(19,20)18(4)12(2)3/h6-7,10,12,15,17H,5,8-9,11H2,1-4H3. The Kier molecular flexibility index (Phi) is 5.07. The molecule has 5 heteroatoms. The van der Waals surface area contributed by atoms with E-state index in [0.29, 0.717) is 10.9 Å². The molecule has 0 saturated heterocycles. The number of benzene rings is 1. The Balaban J connectivity index is 2.32. The molecule has 1 aromatic carbocycles. The van der Waals surface area contributed by atoms with E-state index in [0.717, 1.165) is 24.1 Å². The van der Waals surface area contributed by atoms with Crippen LogP contribution in [0.25, 0.3) is 0 Å². The fraction of sp³-hybridized carbons (Fsp3) is 0.625. The molecule has 2 rings (SSSR count). The zero-order valence-corrected chi connectivity index (χ0v) is 14.2. The number of hydrogen-bond acceptors (Lipinski definition) is 3. The maximum atomic E-state index is 12.8. The second-order valence-corrected chi connectivity index (χ2v) is 8.03. The van der Waals surface area contributed by atoms with Crippen molar-refractivity contribution in [1.29, 1.82) is 0 Å². The van der Waals surface area contributed by atoms with Crippen LogP contribution in [-0.4, -0.2) is 31.9 Å². The van der Waals surface area contributed by atoms with Gasteiger partial charge in [0.15, 0.2) is 0 Å². The lowest BCUT2D eigenvalue weighted by atomic mass is 10.1. The molecule has 0 atom stereocenters. The molecule has 0 bridgehead atoms. The lowest BCUT2D eigenvalue weighted by Crippen LogP contribution is -2.33. The smallest absolute Gasteiger partial charge is 0.243 e. The largest absolute Gasteiger partial charge is 0.310 e. The predicted molar refractivity (Wildman–Crippen MR) is 85.8 cm³/mol. The van der Waals surface area contributed by atoms with Gasteiger partial charge in [-0.15, -0.1) is 0 Å². The van der Waals surface area contributed by atoms with Gasteiger partial charge in [-0.1, -0.05) is 19.1 Å². The van der Waals surface area contributed by atoms with Gasteiger partial charge in [-0.3, -0.25) is 0 Å². The maximum Gasteiger partial charge on any atom is 0.243 e. The summed E-state index contributed by atoms with van der Waals surface area (Å²) < 4.78 is 27.0. The minimum Gasteiger partial charge on any atom is -0.310 e. The summed E-state index contributed by atoms with van der Waals surface area (Å²) in [6, 6.07) is 6.39. The van der Waals surface area contributed by atoms with Gasteiger partial charge < -0.3 is 5.32 Å². The molecule has 0 spiro atoms. The summed E-state index contributed by atoms with van der Waals surface area (Å²) in [6.45, 7) is 6.51. The van der Waals surface area contributed by atoms with Gasteiger partial charge in [0.05, 0.1) is 4.90 Å². The van der Waals surface area contributed by atoms with Crippen LogP contribution in [0.2, 0.25) is 0 Å². The molecule has 118 valence electrons. The molecule has 21 heavy (non-hydrogen) atoms. The quantitative estimate of drug-likeness (QED) is 0.842. The van der Waals surface area contributed by atoms with Gasteiger partial charge in [-0.2, -0.15) is 4.31 Å². The number of nitrogens with one attached hydrogen (secondary N) is 1. The minimum atomic E-state index is -3.42. The Bertz CT molecular complexity index is 592. The van der Waals surface area contributed by atoms with E-state index in [2.05, 4.69) is 5.32 Å². The predicted octanol–water partition coefficient (Wildman–Crippen LogP) is 2.53. The molecule has 0 aliphatic heterocycles. The van der Waals surface area contributed by atoms with Crippen molar-refractivity contribution in [3.63, 3.8) is 0 Å². The minimum absolute atomic E-state index is 0.0482. The molecule has 0 radical (unpaired) electrons. The third kappa shape index (κ3) is 3.84. The van der Waals surface area contributed by atoms with Crippen molar-refractivity contribution in [2.75, 3.05) is 7.05 Å². The molecule has 0 amide bonds. The molecule has 1 aromatic rings. The van der Waals surface area contributed by atoms with Gasteiger partial charge >= 0.3 is 0 Å². The molecule has 0 aromatic heterocycles. The molecule has 1 fully saturated rings. The van der Waals surface area contributed by atoms with E-state index in [4.69, 9.17) is 0 Å². The van der Waals surface area contributed by atoms with Crippen LogP contribution in [0.3, 0.4) is 0 Å². The topological polar surface area (TPSA) is 49.4 Å². The van der Waals surface area contributed by atoms with E-state index >= 15 is 0 Å². The summed E-state index contributed by atoms with van der Waals surface area (Å²) in [7, 11) is -1.77. The van der Waals surface area contributed by atoms with Gasteiger partial charge in [0.25, 0.3) is 0 Å². The van der Waals surface area contributed by atoms with Gasteiger partial charge in [-0.25, -0.2) is 8.42 Å². The number of aryl methyl sites for hydroxylation is 1. The van der Waals surface area contributed by atoms with Crippen LogP contribution in [0.15, 0.2) is 23.1 Å². The highest BCUT2D eigenvalue weighted by atomic mass is 32.2. The zero-order valence-electron chi connectivity index (χ0n) is 13.4. The fourth-order valence-electron chi connectivity index (χ4n) is 2.22. The number of rotatable bonds is 7. The Labute approximate surface area is 128 Å². The van der Waals surface area contributed by atoms with E-state index in [1.807, 2.05) is 39.0 Å². The zero-order chi connectivity index (χ0) is 15.6. The van der Waals surface area contributed by atoms with Crippen LogP contribution in [0.5, 0.6) is 0 Å². The molecular weight excluding hydrogens is 284 g/mol. The van der Waals surface area contributed by atoms with Crippen LogP contribution in [0, 0.1) is 0 Å². The summed E-state index contributed by atoms with van der Waals surface area (Å²) >= 11 is 0. The van der Waals surface area contributed by atoms with Crippen molar-refractivity contribution in [1.82, 2.24) is 9.62 Å². The maximum absolute atomic E-state index is 12.8. The third-order valence-electron chi connectivity index (χ3n) is 4.07. The van der Waals surface area contributed by atoms with E-state index in [-0.39, 0.29) is 6.04 Å². The SMILES string of the molecule is CCc1ccc(CNC2CC2)cc1S(=O)(=O)N(C)C(C)C. The summed E-state index contributed by atoms with van der Waals surface area (Å²) in [5.41, 5.74) is 1.92. The van der Waals surface area contributed by atoms with Crippen molar-refractivity contribution in [2.24, 2.45) is 0 Å². The van der Waals surface area contributed by atoms with E-state index < -0.39 is 10.0 Å². The van der Waals surface area contributed by atoms with Gasteiger partial charge in [0, 0.05) is 25.7 Å². The Morgan fingerprint density at radius 2 is 2.00 bits per heavy atom. The lowest BCUT2D eigenvalue weighted by Gasteiger charge is -2.23. The van der Waals surface area contributed by atoms with Crippen molar-refractivity contribution >= 4 is 10.0 Å². The molecule has 0 unspecified atom stereocenters. The van der Waals surface area contributed by atoms with Gasteiger partial charge in [0.2, 0.25) is 10.0 Å². The van der Waals surface area contributed by atoms with Crippen molar-refractivity contribution < 1.29 is 8.42 Å². The number of nitrogens with zero attached hydrogens (tertiary/aromatic N) is 1. The normalized spacial score (nSPS) is 15.9. The highest BCUT2D eigenvalue weighted by Crippen LogP contribution is 2.24. The highest BCUT2D eigenvalue weighted by Gasteiger charge is 2.26. The van der Waals surface area contributed by atoms with Crippen LogP contribution in [0.1, 0.15) is 44.7 Å². The first-order chi connectivity index (χ1) is 9.86. The highest BCUT2D eigenvalue weighted by molar-refractivity contribution is 7.89. The summed E-state index contributed by atoms with van der Waals surface area (Å²) in [5.74, 6) is 0. The molecule has 1 saturated carbocycles. The fourth-order valence-corrected chi connectivity index (χ4v) is 3.93. The molecule has 1 aliphatic carbocycles. The van der Waals surface area contributed by atoms with E-state index in [1.54, 1.807) is 7.05 Å². The molecule has 1 N–H and O–H groups in total. The Morgan fingerprint density at radius 3 is 2.52 bits per heavy atom. The summed E-state index contributed by atoms with van der Waals surface area (Å²) in [4.78, 5) is 0.455.